The van der Waals surface area contributed by atoms with Crippen LogP contribution in [0.4, 0.5) is 8.78 Å². The van der Waals surface area contributed by atoms with Crippen molar-refractivity contribution in [2.75, 3.05) is 0 Å². The molecule has 0 radical (unpaired) electrons. The van der Waals surface area contributed by atoms with E-state index in [9.17, 15) is 8.78 Å². The van der Waals surface area contributed by atoms with Crippen LogP contribution < -0.4 is 0 Å². The smallest absolute Gasteiger partial charge is 0.123 e. The van der Waals surface area contributed by atoms with Crippen LogP contribution in [0, 0.1) is 11.6 Å². The van der Waals surface area contributed by atoms with Crippen molar-refractivity contribution in [1.29, 1.82) is 0 Å². The normalized spacial score (nSPS) is 11.5. The molecule has 0 saturated carbocycles. The van der Waals surface area contributed by atoms with Crippen molar-refractivity contribution in [3.05, 3.63) is 95.0 Å². The molecule has 0 aliphatic heterocycles. The van der Waals surface area contributed by atoms with Crippen LogP contribution >= 0.6 is 15.9 Å². The molecule has 0 N–H and O–H groups in total. The van der Waals surface area contributed by atoms with Gasteiger partial charge in [-0.1, -0.05) is 42.5 Å². The summed E-state index contributed by atoms with van der Waals surface area (Å²) in [7, 11) is 0. The van der Waals surface area contributed by atoms with Crippen molar-refractivity contribution in [3.8, 4) is 11.1 Å². The maximum atomic E-state index is 14.1. The van der Waals surface area contributed by atoms with Crippen molar-refractivity contribution >= 4 is 48.2 Å². The van der Waals surface area contributed by atoms with Crippen LogP contribution in [-0.4, -0.2) is 0 Å². The van der Waals surface area contributed by atoms with Crippen molar-refractivity contribution in [1.82, 2.24) is 0 Å². The Balaban J connectivity index is 2.04. The predicted molar refractivity (Wildman–Crippen MR) is 112 cm³/mol. The molecule has 3 heteroatoms. The number of fused-ring (bicyclic) bond motifs is 3. The van der Waals surface area contributed by atoms with E-state index in [1.165, 1.54) is 18.2 Å². The average Bonchev–Trinajstić information content (AvgIpc) is 2.68. The van der Waals surface area contributed by atoms with E-state index in [-0.39, 0.29) is 11.6 Å². The monoisotopic (exact) mass is 418 g/mol. The lowest BCUT2D eigenvalue weighted by molar-refractivity contribution is 0.628. The fourth-order valence-corrected chi connectivity index (χ4v) is 4.43. The van der Waals surface area contributed by atoms with Crippen molar-refractivity contribution in [2.24, 2.45) is 0 Å². The van der Waals surface area contributed by atoms with Gasteiger partial charge >= 0.3 is 0 Å². The molecule has 5 aromatic rings. The van der Waals surface area contributed by atoms with E-state index in [4.69, 9.17) is 0 Å². The summed E-state index contributed by atoms with van der Waals surface area (Å²) in [5, 5.41) is 6.03. The molecule has 0 bridgehead atoms. The van der Waals surface area contributed by atoms with E-state index in [0.717, 1.165) is 47.9 Å². The van der Waals surface area contributed by atoms with Crippen LogP contribution in [0.15, 0.2) is 83.3 Å². The van der Waals surface area contributed by atoms with Gasteiger partial charge in [0, 0.05) is 4.47 Å². The van der Waals surface area contributed by atoms with Crippen LogP contribution in [0.3, 0.4) is 0 Å². The Morgan fingerprint density at radius 2 is 1.15 bits per heavy atom. The first-order valence-electron chi connectivity index (χ1n) is 8.61. The molecule has 0 aromatic heterocycles. The Labute approximate surface area is 163 Å². The van der Waals surface area contributed by atoms with Gasteiger partial charge in [0.2, 0.25) is 0 Å². The zero-order chi connectivity index (χ0) is 18.5. The Hall–Kier alpha value is -2.78. The molecular weight excluding hydrogens is 406 g/mol. The van der Waals surface area contributed by atoms with Crippen LogP contribution in [0.1, 0.15) is 0 Å². The molecule has 0 amide bonds. The minimum atomic E-state index is -0.294. The van der Waals surface area contributed by atoms with Gasteiger partial charge in [0.15, 0.2) is 0 Å². The summed E-state index contributed by atoms with van der Waals surface area (Å²) in [4.78, 5) is 0. The molecule has 0 fully saturated rings. The van der Waals surface area contributed by atoms with Crippen LogP contribution in [0.25, 0.3) is 43.4 Å². The second-order valence-electron chi connectivity index (χ2n) is 6.63. The molecule has 0 heterocycles. The van der Waals surface area contributed by atoms with Gasteiger partial charge in [0.05, 0.1) is 0 Å². The van der Waals surface area contributed by atoms with Gasteiger partial charge < -0.3 is 0 Å². The summed E-state index contributed by atoms with van der Waals surface area (Å²) in [5.41, 5.74) is 1.77. The van der Waals surface area contributed by atoms with E-state index in [1.54, 1.807) is 24.3 Å². The molecule has 0 atom stereocenters. The third-order valence-electron chi connectivity index (χ3n) is 5.01. The van der Waals surface area contributed by atoms with E-state index in [1.807, 2.05) is 12.1 Å². The minimum Gasteiger partial charge on any atom is -0.207 e. The highest BCUT2D eigenvalue weighted by molar-refractivity contribution is 9.10. The second-order valence-corrected chi connectivity index (χ2v) is 7.42. The topological polar surface area (TPSA) is 0 Å². The van der Waals surface area contributed by atoms with Crippen molar-refractivity contribution < 1.29 is 8.78 Å². The van der Waals surface area contributed by atoms with Gasteiger partial charge in [-0.05, 0) is 95.8 Å². The lowest BCUT2D eigenvalue weighted by Crippen LogP contribution is -1.90. The quantitative estimate of drug-likeness (QED) is 0.243. The Morgan fingerprint density at radius 1 is 0.556 bits per heavy atom. The van der Waals surface area contributed by atoms with Gasteiger partial charge in [-0.2, -0.15) is 0 Å². The Bertz CT molecular complexity index is 1340. The zero-order valence-corrected chi connectivity index (χ0v) is 15.7. The van der Waals surface area contributed by atoms with E-state index < -0.39 is 0 Å². The van der Waals surface area contributed by atoms with Gasteiger partial charge in [-0.3, -0.25) is 0 Å². The molecule has 0 unspecified atom stereocenters. The molecule has 0 spiro atoms. The summed E-state index contributed by atoms with van der Waals surface area (Å²) in [6.45, 7) is 0. The van der Waals surface area contributed by atoms with Gasteiger partial charge in [-0.15, -0.1) is 0 Å². The predicted octanol–water partition coefficient (Wildman–Crippen LogP) is 7.85. The number of rotatable bonds is 1. The first-order chi connectivity index (χ1) is 13.1. The Morgan fingerprint density at radius 3 is 1.85 bits per heavy atom. The zero-order valence-electron chi connectivity index (χ0n) is 14.1. The lowest BCUT2D eigenvalue weighted by Gasteiger charge is -2.15. The van der Waals surface area contributed by atoms with Crippen molar-refractivity contribution in [2.45, 2.75) is 0 Å². The van der Waals surface area contributed by atoms with Gasteiger partial charge in [0.25, 0.3) is 0 Å². The van der Waals surface area contributed by atoms with Gasteiger partial charge in [0.1, 0.15) is 11.6 Å². The first-order valence-corrected chi connectivity index (χ1v) is 9.40. The third kappa shape index (κ3) is 2.62. The number of hydrogen-bond acceptors (Lipinski definition) is 0. The highest BCUT2D eigenvalue weighted by Crippen LogP contribution is 2.43. The summed E-state index contributed by atoms with van der Waals surface area (Å²) in [6, 6.07) is 23.6. The van der Waals surface area contributed by atoms with Crippen LogP contribution in [0.5, 0.6) is 0 Å². The first kappa shape index (κ1) is 16.4. The van der Waals surface area contributed by atoms with E-state index >= 15 is 0 Å². The maximum Gasteiger partial charge on any atom is 0.123 e. The molecule has 0 nitrogen and oxygen atoms in total. The molecule has 5 aromatic carbocycles. The minimum absolute atomic E-state index is 0.291. The summed E-state index contributed by atoms with van der Waals surface area (Å²) >= 11 is 3.73. The average molecular weight is 419 g/mol. The fraction of sp³-hybridized carbons (Fsp3) is 0. The molecule has 0 aliphatic carbocycles. The van der Waals surface area contributed by atoms with Crippen LogP contribution in [-0.2, 0) is 0 Å². The van der Waals surface area contributed by atoms with E-state index in [0.29, 0.717) is 0 Å². The number of hydrogen-bond donors (Lipinski definition) is 0. The van der Waals surface area contributed by atoms with Crippen molar-refractivity contribution in [3.63, 3.8) is 0 Å². The summed E-state index contributed by atoms with van der Waals surface area (Å²) < 4.78 is 28.5. The van der Waals surface area contributed by atoms with Gasteiger partial charge in [-0.25, -0.2) is 8.78 Å². The number of halogens is 3. The summed E-state index contributed by atoms with van der Waals surface area (Å²) in [5.74, 6) is -0.584. The standard InChI is InChI=1S/C24H13BrF2/c25-24-19-10-9-18(27)13-21(19)23(14-5-7-17(26)8-6-14)20-11-15-3-1-2-4-16(15)12-22(20)24/h1-13H. The Kier molecular flexibility index (Phi) is 3.73. The molecule has 0 aliphatic rings. The molecule has 130 valence electrons. The highest BCUT2D eigenvalue weighted by atomic mass is 79.9. The fourth-order valence-electron chi connectivity index (χ4n) is 3.76. The summed E-state index contributed by atoms with van der Waals surface area (Å²) in [6.07, 6.45) is 0. The largest absolute Gasteiger partial charge is 0.207 e. The molecule has 27 heavy (non-hydrogen) atoms. The molecule has 0 saturated heterocycles. The second kappa shape index (κ2) is 6.14. The maximum absolute atomic E-state index is 14.1. The number of benzene rings is 5. The SMILES string of the molecule is Fc1ccc(-c2c3cc(F)ccc3c(Br)c3cc4ccccc4cc23)cc1. The highest BCUT2D eigenvalue weighted by Gasteiger charge is 2.15. The third-order valence-corrected chi connectivity index (χ3v) is 5.87. The molecule has 5 rings (SSSR count). The molecular formula is C24H13BrF2. The van der Waals surface area contributed by atoms with Crippen LogP contribution in [0.2, 0.25) is 0 Å². The lowest BCUT2D eigenvalue weighted by atomic mass is 9.90. The van der Waals surface area contributed by atoms with E-state index in [2.05, 4.69) is 40.2 Å².